The number of ether oxygens (including phenoxy) is 2. The van der Waals surface area contributed by atoms with Crippen molar-refractivity contribution in [3.05, 3.63) is 11.8 Å². The third-order valence-corrected chi connectivity index (χ3v) is 1.91. The maximum atomic E-state index is 11.2. The second-order valence-electron chi connectivity index (χ2n) is 3.43. The smallest absolute Gasteiger partial charge is 0.334 e. The second-order valence-corrected chi connectivity index (χ2v) is 3.43. The highest BCUT2D eigenvalue weighted by molar-refractivity contribution is 5.82. The van der Waals surface area contributed by atoms with Crippen LogP contribution in [0.4, 0.5) is 0 Å². The first-order valence-corrected chi connectivity index (χ1v) is 5.18. The van der Waals surface area contributed by atoms with Crippen LogP contribution in [0.1, 0.15) is 27.2 Å². The lowest BCUT2D eigenvalue weighted by atomic mass is 10.1. The van der Waals surface area contributed by atoms with Crippen molar-refractivity contribution < 1.29 is 24.2 Å². The van der Waals surface area contributed by atoms with E-state index >= 15 is 0 Å². The number of allylic oxidation sites excluding steroid dienone is 1. The summed E-state index contributed by atoms with van der Waals surface area (Å²) in [4.78, 5) is 22.1. The summed E-state index contributed by atoms with van der Waals surface area (Å²) in [6.07, 6.45) is 1.67. The van der Waals surface area contributed by atoms with Crippen LogP contribution in [-0.4, -0.2) is 30.3 Å². The first-order chi connectivity index (χ1) is 7.47. The quantitative estimate of drug-likeness (QED) is 0.324. The molecule has 1 N–H and O–H groups in total. The third kappa shape index (κ3) is 6.86. The van der Waals surface area contributed by atoms with Gasteiger partial charge < -0.3 is 14.6 Å². The standard InChI is InChI=1S/C11H18O5/c1-4-8(2)11(14)16-6-5-15-10(13)7-9(3)12/h7-8,12H,4-6H2,1-3H3. The predicted octanol–water partition coefficient (Wildman–Crippen LogP) is 1.58. The van der Waals surface area contributed by atoms with E-state index in [4.69, 9.17) is 9.84 Å². The lowest BCUT2D eigenvalue weighted by Crippen LogP contribution is -2.17. The molecule has 0 aliphatic carbocycles. The SMILES string of the molecule is CCC(C)C(=O)OCCOC(=O)C=C(C)O. The van der Waals surface area contributed by atoms with Gasteiger partial charge in [-0.3, -0.25) is 4.79 Å². The van der Waals surface area contributed by atoms with E-state index in [2.05, 4.69) is 4.74 Å². The molecule has 0 fully saturated rings. The van der Waals surface area contributed by atoms with Crippen molar-refractivity contribution >= 4 is 11.9 Å². The minimum Gasteiger partial charge on any atom is -0.512 e. The van der Waals surface area contributed by atoms with Crippen molar-refractivity contribution in [2.45, 2.75) is 27.2 Å². The summed E-state index contributed by atoms with van der Waals surface area (Å²) >= 11 is 0. The highest BCUT2D eigenvalue weighted by atomic mass is 16.6. The Morgan fingerprint density at radius 1 is 1.31 bits per heavy atom. The molecule has 5 nitrogen and oxygen atoms in total. The molecule has 92 valence electrons. The number of hydrogen-bond donors (Lipinski definition) is 1. The van der Waals surface area contributed by atoms with Gasteiger partial charge in [0.05, 0.1) is 17.8 Å². The van der Waals surface area contributed by atoms with Gasteiger partial charge in [-0.2, -0.15) is 0 Å². The zero-order valence-corrected chi connectivity index (χ0v) is 9.86. The highest BCUT2D eigenvalue weighted by Crippen LogP contribution is 2.02. The van der Waals surface area contributed by atoms with Crippen LogP contribution in [0.5, 0.6) is 0 Å². The number of rotatable bonds is 6. The summed E-state index contributed by atoms with van der Waals surface area (Å²) in [5.41, 5.74) is 0. The van der Waals surface area contributed by atoms with Crippen LogP contribution >= 0.6 is 0 Å². The molecule has 0 rings (SSSR count). The predicted molar refractivity (Wildman–Crippen MR) is 57.8 cm³/mol. The largest absolute Gasteiger partial charge is 0.512 e. The van der Waals surface area contributed by atoms with Gasteiger partial charge in [-0.1, -0.05) is 13.8 Å². The molecule has 0 aromatic carbocycles. The van der Waals surface area contributed by atoms with Gasteiger partial charge in [-0.05, 0) is 13.3 Å². The van der Waals surface area contributed by atoms with E-state index in [-0.39, 0.29) is 30.9 Å². The molecule has 0 radical (unpaired) electrons. The molecule has 0 heterocycles. The van der Waals surface area contributed by atoms with E-state index in [1.165, 1.54) is 6.92 Å². The molecule has 0 aliphatic heterocycles. The summed E-state index contributed by atoms with van der Waals surface area (Å²) in [6, 6.07) is 0. The van der Waals surface area contributed by atoms with Crippen LogP contribution in [-0.2, 0) is 19.1 Å². The van der Waals surface area contributed by atoms with Crippen molar-refractivity contribution in [2.24, 2.45) is 5.92 Å². The Hall–Kier alpha value is -1.52. The van der Waals surface area contributed by atoms with E-state index in [1.807, 2.05) is 6.92 Å². The zero-order valence-electron chi connectivity index (χ0n) is 9.86. The van der Waals surface area contributed by atoms with E-state index in [0.717, 1.165) is 6.08 Å². The molecule has 5 heteroatoms. The third-order valence-electron chi connectivity index (χ3n) is 1.91. The van der Waals surface area contributed by atoms with Gasteiger partial charge in [0.2, 0.25) is 0 Å². The Morgan fingerprint density at radius 3 is 2.38 bits per heavy atom. The average molecular weight is 230 g/mol. The van der Waals surface area contributed by atoms with Crippen molar-refractivity contribution in [1.82, 2.24) is 0 Å². The van der Waals surface area contributed by atoms with E-state index in [9.17, 15) is 9.59 Å². The van der Waals surface area contributed by atoms with Crippen LogP contribution in [0, 0.1) is 5.92 Å². The van der Waals surface area contributed by atoms with Crippen molar-refractivity contribution in [3.63, 3.8) is 0 Å². The van der Waals surface area contributed by atoms with E-state index in [0.29, 0.717) is 6.42 Å². The molecular weight excluding hydrogens is 212 g/mol. The summed E-state index contributed by atoms with van der Waals surface area (Å²) < 4.78 is 9.51. The highest BCUT2D eigenvalue weighted by Gasteiger charge is 2.11. The molecule has 0 saturated heterocycles. The monoisotopic (exact) mass is 230 g/mol. The molecular formula is C11H18O5. The average Bonchev–Trinajstić information content (AvgIpc) is 2.21. The molecule has 0 bridgehead atoms. The first kappa shape index (κ1) is 14.5. The fourth-order valence-electron chi connectivity index (χ4n) is 0.806. The summed E-state index contributed by atoms with van der Waals surface area (Å²) in [7, 11) is 0. The van der Waals surface area contributed by atoms with Gasteiger partial charge >= 0.3 is 11.9 Å². The fraction of sp³-hybridized carbons (Fsp3) is 0.636. The Morgan fingerprint density at radius 2 is 1.88 bits per heavy atom. The molecule has 0 amide bonds. The molecule has 1 unspecified atom stereocenters. The number of aliphatic hydroxyl groups excluding tert-OH is 1. The Labute approximate surface area is 95.0 Å². The normalized spacial score (nSPS) is 13.1. The van der Waals surface area contributed by atoms with Crippen LogP contribution in [0.25, 0.3) is 0 Å². The van der Waals surface area contributed by atoms with Gasteiger partial charge in [0.1, 0.15) is 13.2 Å². The summed E-state index contributed by atoms with van der Waals surface area (Å²) in [5, 5.41) is 8.75. The second kappa shape index (κ2) is 7.73. The molecule has 1 atom stereocenters. The topological polar surface area (TPSA) is 72.8 Å². The van der Waals surface area contributed by atoms with Gasteiger partial charge in [0, 0.05) is 0 Å². The minimum atomic E-state index is -0.653. The van der Waals surface area contributed by atoms with Crippen LogP contribution in [0.15, 0.2) is 11.8 Å². The van der Waals surface area contributed by atoms with E-state index in [1.54, 1.807) is 6.92 Å². The number of esters is 2. The minimum absolute atomic E-state index is 0.00914. The number of carbonyl (C=O) groups is 2. The van der Waals surface area contributed by atoms with Crippen molar-refractivity contribution in [2.75, 3.05) is 13.2 Å². The van der Waals surface area contributed by atoms with Gasteiger partial charge in [-0.15, -0.1) is 0 Å². The van der Waals surface area contributed by atoms with Crippen molar-refractivity contribution in [1.29, 1.82) is 0 Å². The van der Waals surface area contributed by atoms with Gasteiger partial charge in [0.15, 0.2) is 0 Å². The Balaban J connectivity index is 3.65. The molecule has 16 heavy (non-hydrogen) atoms. The van der Waals surface area contributed by atoms with Crippen LogP contribution < -0.4 is 0 Å². The van der Waals surface area contributed by atoms with Gasteiger partial charge in [0.25, 0.3) is 0 Å². The van der Waals surface area contributed by atoms with Crippen LogP contribution in [0.2, 0.25) is 0 Å². The molecule has 0 aromatic heterocycles. The summed E-state index contributed by atoms with van der Waals surface area (Å²) in [5.74, 6) is -1.22. The van der Waals surface area contributed by atoms with Gasteiger partial charge in [-0.25, -0.2) is 4.79 Å². The first-order valence-electron chi connectivity index (χ1n) is 5.18. The zero-order chi connectivity index (χ0) is 12.6. The van der Waals surface area contributed by atoms with E-state index < -0.39 is 5.97 Å². The number of carbonyl (C=O) groups excluding carboxylic acids is 2. The Kier molecular flexibility index (Phi) is 7.00. The molecule has 0 saturated carbocycles. The lowest BCUT2D eigenvalue weighted by Gasteiger charge is -2.08. The molecule has 0 spiro atoms. The maximum Gasteiger partial charge on any atom is 0.334 e. The Bertz CT molecular complexity index is 266. The fourth-order valence-corrected chi connectivity index (χ4v) is 0.806. The maximum absolute atomic E-state index is 11.2. The summed E-state index contributed by atoms with van der Waals surface area (Å²) in [6.45, 7) is 5.05. The number of aliphatic hydroxyl groups is 1. The lowest BCUT2D eigenvalue weighted by molar-refractivity contribution is -0.152. The van der Waals surface area contributed by atoms with Crippen LogP contribution in [0.3, 0.4) is 0 Å². The molecule has 0 aliphatic rings. The molecule has 0 aromatic rings. The number of hydrogen-bond acceptors (Lipinski definition) is 5. The van der Waals surface area contributed by atoms with Crippen molar-refractivity contribution in [3.8, 4) is 0 Å².